The Kier molecular flexibility index (Phi) is 3.85. The minimum Gasteiger partial charge on any atom is -0.327 e. The van der Waals surface area contributed by atoms with Crippen LogP contribution in [0.25, 0.3) is 0 Å². The Morgan fingerprint density at radius 2 is 2.11 bits per heavy atom. The van der Waals surface area contributed by atoms with Crippen molar-refractivity contribution in [2.24, 2.45) is 11.7 Å². The fraction of sp³-hybridized carbons (Fsp3) is 0.429. The third-order valence-electron chi connectivity index (χ3n) is 3.48. The average molecular weight is 261 g/mol. The zero-order valence-corrected chi connectivity index (χ0v) is 11.2. The highest BCUT2D eigenvalue weighted by Gasteiger charge is 2.19. The Labute approximate surface area is 112 Å². The van der Waals surface area contributed by atoms with Crippen molar-refractivity contribution in [3.63, 3.8) is 0 Å². The predicted octanol–water partition coefficient (Wildman–Crippen LogP) is 1.49. The fourth-order valence-electron chi connectivity index (χ4n) is 1.94. The van der Waals surface area contributed by atoms with Crippen LogP contribution in [0.4, 0.5) is 11.4 Å². The van der Waals surface area contributed by atoms with Gasteiger partial charge in [0, 0.05) is 23.8 Å². The Bertz CT molecular complexity index is 511. The maximum Gasteiger partial charge on any atom is 0.228 e. The Morgan fingerprint density at radius 1 is 1.37 bits per heavy atom. The molecule has 1 aromatic rings. The molecule has 0 spiro atoms. The lowest BCUT2D eigenvalue weighted by Gasteiger charge is -2.19. The number of carbonyl (C=O) groups excluding carboxylic acids is 2. The third kappa shape index (κ3) is 3.12. The van der Waals surface area contributed by atoms with Gasteiger partial charge in [0.15, 0.2) is 0 Å². The molecule has 0 saturated carbocycles. The monoisotopic (exact) mass is 261 g/mol. The first kappa shape index (κ1) is 13.5. The highest BCUT2D eigenvalue weighted by molar-refractivity contribution is 5.97. The topological polar surface area (TPSA) is 84.2 Å². The van der Waals surface area contributed by atoms with Gasteiger partial charge in [0.25, 0.3) is 0 Å². The van der Waals surface area contributed by atoms with E-state index in [4.69, 9.17) is 5.73 Å². The summed E-state index contributed by atoms with van der Waals surface area (Å²) in [6.45, 7) is 3.59. The molecule has 2 amide bonds. The van der Waals surface area contributed by atoms with E-state index < -0.39 is 0 Å². The van der Waals surface area contributed by atoms with Gasteiger partial charge in [-0.2, -0.15) is 0 Å². The smallest absolute Gasteiger partial charge is 0.228 e. The van der Waals surface area contributed by atoms with Crippen LogP contribution in [0.15, 0.2) is 18.2 Å². The number of hydrogen-bond donors (Lipinski definition) is 3. The van der Waals surface area contributed by atoms with Crippen molar-refractivity contribution in [3.8, 4) is 0 Å². The summed E-state index contributed by atoms with van der Waals surface area (Å²) in [4.78, 5) is 23.2. The van der Waals surface area contributed by atoms with E-state index in [-0.39, 0.29) is 23.8 Å². The summed E-state index contributed by atoms with van der Waals surface area (Å²) < 4.78 is 0. The molecule has 0 radical (unpaired) electrons. The summed E-state index contributed by atoms with van der Waals surface area (Å²) in [5.41, 5.74) is 8.26. The van der Waals surface area contributed by atoms with Crippen LogP contribution in [0.1, 0.15) is 25.8 Å². The van der Waals surface area contributed by atoms with Gasteiger partial charge in [-0.15, -0.1) is 0 Å². The Morgan fingerprint density at radius 3 is 2.79 bits per heavy atom. The van der Waals surface area contributed by atoms with Crippen LogP contribution in [0.3, 0.4) is 0 Å². The molecule has 1 aliphatic heterocycles. The van der Waals surface area contributed by atoms with Crippen molar-refractivity contribution < 1.29 is 9.59 Å². The van der Waals surface area contributed by atoms with Crippen LogP contribution >= 0.6 is 0 Å². The second kappa shape index (κ2) is 5.40. The normalized spacial score (nSPS) is 17.1. The van der Waals surface area contributed by atoms with Gasteiger partial charge in [-0.05, 0) is 31.0 Å². The largest absolute Gasteiger partial charge is 0.327 e. The molecule has 5 nitrogen and oxygen atoms in total. The molecule has 0 saturated heterocycles. The first-order chi connectivity index (χ1) is 8.97. The summed E-state index contributed by atoms with van der Waals surface area (Å²) >= 11 is 0. The van der Waals surface area contributed by atoms with Crippen molar-refractivity contribution in [2.45, 2.75) is 32.7 Å². The SMILES string of the molecule is CC(N)C(C)C(=O)Nc1ccc2c(c1)NC(=O)CC2. The number of amides is 2. The molecular weight excluding hydrogens is 242 g/mol. The second-order valence-corrected chi connectivity index (χ2v) is 5.06. The molecule has 2 atom stereocenters. The van der Waals surface area contributed by atoms with Crippen LogP contribution in [0.5, 0.6) is 0 Å². The minimum absolute atomic E-state index is 0.0138. The maximum atomic E-state index is 11.9. The molecule has 19 heavy (non-hydrogen) atoms. The fourth-order valence-corrected chi connectivity index (χ4v) is 1.94. The zero-order valence-electron chi connectivity index (χ0n) is 11.2. The summed E-state index contributed by atoms with van der Waals surface area (Å²) in [7, 11) is 0. The van der Waals surface area contributed by atoms with Crippen LogP contribution in [-0.2, 0) is 16.0 Å². The van der Waals surface area contributed by atoms with E-state index in [1.165, 1.54) is 0 Å². The summed E-state index contributed by atoms with van der Waals surface area (Å²) in [6, 6.07) is 5.37. The molecule has 1 aromatic carbocycles. The lowest BCUT2D eigenvalue weighted by atomic mass is 10.0. The van der Waals surface area contributed by atoms with Crippen molar-refractivity contribution >= 4 is 23.2 Å². The van der Waals surface area contributed by atoms with E-state index in [0.717, 1.165) is 17.7 Å². The summed E-state index contributed by atoms with van der Waals surface area (Å²) in [5.74, 6) is -0.359. The number of aryl methyl sites for hydroxylation is 1. The molecule has 102 valence electrons. The molecule has 0 bridgehead atoms. The van der Waals surface area contributed by atoms with Crippen molar-refractivity contribution in [3.05, 3.63) is 23.8 Å². The van der Waals surface area contributed by atoms with E-state index in [0.29, 0.717) is 12.1 Å². The molecule has 1 aliphatic rings. The Balaban J connectivity index is 2.12. The number of benzene rings is 1. The third-order valence-corrected chi connectivity index (χ3v) is 3.48. The first-order valence-electron chi connectivity index (χ1n) is 6.46. The van der Waals surface area contributed by atoms with Gasteiger partial charge in [-0.25, -0.2) is 0 Å². The number of fused-ring (bicyclic) bond motifs is 1. The summed E-state index contributed by atoms with van der Waals surface area (Å²) in [6.07, 6.45) is 1.26. The van der Waals surface area contributed by atoms with Gasteiger partial charge in [0.2, 0.25) is 11.8 Å². The van der Waals surface area contributed by atoms with E-state index in [2.05, 4.69) is 10.6 Å². The van der Waals surface area contributed by atoms with Crippen LogP contribution in [0, 0.1) is 5.92 Å². The number of rotatable bonds is 3. The van der Waals surface area contributed by atoms with Gasteiger partial charge < -0.3 is 16.4 Å². The summed E-state index contributed by atoms with van der Waals surface area (Å²) in [5, 5.41) is 5.63. The lowest BCUT2D eigenvalue weighted by Crippen LogP contribution is -2.34. The van der Waals surface area contributed by atoms with Crippen LogP contribution in [0.2, 0.25) is 0 Å². The highest BCUT2D eigenvalue weighted by Crippen LogP contribution is 2.26. The molecule has 0 aliphatic carbocycles. The van der Waals surface area contributed by atoms with Crippen LogP contribution < -0.4 is 16.4 Å². The molecule has 2 rings (SSSR count). The molecule has 2 unspecified atom stereocenters. The second-order valence-electron chi connectivity index (χ2n) is 5.06. The number of carbonyl (C=O) groups is 2. The lowest BCUT2D eigenvalue weighted by molar-refractivity contribution is -0.119. The molecule has 0 aromatic heterocycles. The van der Waals surface area contributed by atoms with Gasteiger partial charge >= 0.3 is 0 Å². The standard InChI is InChI=1S/C14H19N3O2/c1-8(9(2)15)14(19)16-11-5-3-10-4-6-13(18)17-12(10)7-11/h3,5,7-9H,4,6,15H2,1-2H3,(H,16,19)(H,17,18). The number of nitrogens with one attached hydrogen (secondary N) is 2. The first-order valence-corrected chi connectivity index (χ1v) is 6.46. The molecule has 1 heterocycles. The van der Waals surface area contributed by atoms with Gasteiger partial charge in [-0.1, -0.05) is 13.0 Å². The Hall–Kier alpha value is -1.88. The molecule has 4 N–H and O–H groups in total. The number of nitrogens with two attached hydrogens (primary N) is 1. The molecule has 0 fully saturated rings. The highest BCUT2D eigenvalue weighted by atomic mass is 16.2. The minimum atomic E-state index is -0.259. The van der Waals surface area contributed by atoms with Gasteiger partial charge in [0.1, 0.15) is 0 Å². The van der Waals surface area contributed by atoms with Crippen molar-refractivity contribution in [1.29, 1.82) is 0 Å². The van der Waals surface area contributed by atoms with E-state index in [1.54, 1.807) is 19.9 Å². The van der Waals surface area contributed by atoms with E-state index >= 15 is 0 Å². The molecular formula is C14H19N3O2. The van der Waals surface area contributed by atoms with E-state index in [1.807, 2.05) is 12.1 Å². The van der Waals surface area contributed by atoms with Crippen molar-refractivity contribution in [1.82, 2.24) is 0 Å². The van der Waals surface area contributed by atoms with Crippen molar-refractivity contribution in [2.75, 3.05) is 10.6 Å². The molecule has 5 heteroatoms. The number of hydrogen-bond acceptors (Lipinski definition) is 3. The quantitative estimate of drug-likeness (QED) is 0.770. The maximum absolute atomic E-state index is 11.9. The predicted molar refractivity (Wildman–Crippen MR) is 74.8 cm³/mol. The van der Waals surface area contributed by atoms with Gasteiger partial charge in [-0.3, -0.25) is 9.59 Å². The zero-order chi connectivity index (χ0) is 14.0. The van der Waals surface area contributed by atoms with Crippen LogP contribution in [-0.4, -0.2) is 17.9 Å². The number of anilines is 2. The average Bonchev–Trinajstić information content (AvgIpc) is 2.37. The van der Waals surface area contributed by atoms with Gasteiger partial charge in [0.05, 0.1) is 5.92 Å². The van der Waals surface area contributed by atoms with E-state index in [9.17, 15) is 9.59 Å².